The summed E-state index contributed by atoms with van der Waals surface area (Å²) < 4.78 is 32.3. The molecule has 9 heteroatoms. The molecule has 158 valence electrons. The minimum absolute atomic E-state index is 0.119. The van der Waals surface area contributed by atoms with Crippen molar-refractivity contribution in [1.29, 1.82) is 5.26 Å². The molecule has 0 aromatic heterocycles. The fraction of sp³-hybridized carbons (Fsp3) is 0.333. The summed E-state index contributed by atoms with van der Waals surface area (Å²) in [5.41, 5.74) is 1.86. The molecule has 1 aliphatic rings. The Morgan fingerprint density at radius 3 is 2.50 bits per heavy atom. The summed E-state index contributed by atoms with van der Waals surface area (Å²) >= 11 is 0. The second kappa shape index (κ2) is 9.98. The molecule has 3 rings (SSSR count). The van der Waals surface area contributed by atoms with Crippen LogP contribution in [-0.4, -0.2) is 39.8 Å². The van der Waals surface area contributed by atoms with E-state index in [2.05, 4.69) is 14.9 Å². The number of carbonyl (C=O) groups is 1. The number of anilines is 3. The van der Waals surface area contributed by atoms with Crippen LogP contribution in [-0.2, 0) is 14.8 Å². The van der Waals surface area contributed by atoms with E-state index < -0.39 is 21.7 Å². The van der Waals surface area contributed by atoms with Gasteiger partial charge in [-0.3, -0.25) is 9.52 Å². The summed E-state index contributed by atoms with van der Waals surface area (Å²) in [5.74, 6) is -0.988. The Morgan fingerprint density at radius 1 is 1.07 bits per heavy atom. The molecule has 0 aliphatic carbocycles. The van der Waals surface area contributed by atoms with E-state index in [-0.39, 0.29) is 6.61 Å². The number of benzene rings is 2. The smallest absolute Gasteiger partial charge is 0.241 e. The first kappa shape index (κ1) is 21.5. The number of sulfonamides is 1. The first-order valence-electron chi connectivity index (χ1n) is 9.70. The standard InChI is InChI=1S/C21H24N4O4S/c22-11-14-29-20-6-4-5-18(15-20)23-21(26)16-30(27,28)24-17-7-9-19(10-8-17)25-12-2-1-3-13-25/h4-10,15,24H,1-3,12-14,16H2,(H,23,26). The number of carbonyl (C=O) groups excluding carboxylic acids is 1. The summed E-state index contributed by atoms with van der Waals surface area (Å²) in [4.78, 5) is 14.5. The number of nitrogens with one attached hydrogen (secondary N) is 2. The highest BCUT2D eigenvalue weighted by Gasteiger charge is 2.17. The summed E-state index contributed by atoms with van der Waals surface area (Å²) in [6, 6.07) is 15.4. The van der Waals surface area contributed by atoms with Crippen molar-refractivity contribution < 1.29 is 17.9 Å². The van der Waals surface area contributed by atoms with Crippen molar-refractivity contribution in [2.75, 3.05) is 40.4 Å². The van der Waals surface area contributed by atoms with Crippen LogP contribution in [0, 0.1) is 11.3 Å². The predicted molar refractivity (Wildman–Crippen MR) is 116 cm³/mol. The molecule has 0 spiro atoms. The van der Waals surface area contributed by atoms with Crippen molar-refractivity contribution in [3.05, 3.63) is 48.5 Å². The van der Waals surface area contributed by atoms with E-state index in [4.69, 9.17) is 10.00 Å². The van der Waals surface area contributed by atoms with E-state index in [0.29, 0.717) is 17.1 Å². The molecule has 2 aromatic carbocycles. The summed E-state index contributed by atoms with van der Waals surface area (Å²) in [5, 5.41) is 11.1. The van der Waals surface area contributed by atoms with E-state index in [1.165, 1.54) is 12.5 Å². The number of nitriles is 1. The number of amides is 1. The van der Waals surface area contributed by atoms with Gasteiger partial charge >= 0.3 is 0 Å². The Hall–Kier alpha value is -3.25. The molecule has 2 aromatic rings. The van der Waals surface area contributed by atoms with Gasteiger partial charge in [0.05, 0.1) is 0 Å². The highest BCUT2D eigenvalue weighted by atomic mass is 32.2. The fourth-order valence-corrected chi connectivity index (χ4v) is 4.24. The molecule has 0 bridgehead atoms. The number of hydrogen-bond acceptors (Lipinski definition) is 6. The van der Waals surface area contributed by atoms with Crippen molar-refractivity contribution >= 4 is 33.0 Å². The first-order valence-corrected chi connectivity index (χ1v) is 11.4. The van der Waals surface area contributed by atoms with Crippen LogP contribution in [0.15, 0.2) is 48.5 Å². The Labute approximate surface area is 176 Å². The van der Waals surface area contributed by atoms with Crippen molar-refractivity contribution in [3.8, 4) is 11.8 Å². The number of rotatable bonds is 8. The van der Waals surface area contributed by atoms with E-state index in [0.717, 1.165) is 31.6 Å². The van der Waals surface area contributed by atoms with Crippen molar-refractivity contribution in [3.63, 3.8) is 0 Å². The normalized spacial score (nSPS) is 13.9. The third kappa shape index (κ3) is 6.39. The summed E-state index contributed by atoms with van der Waals surface area (Å²) in [7, 11) is -3.87. The third-order valence-corrected chi connectivity index (χ3v) is 5.79. The van der Waals surface area contributed by atoms with Crippen LogP contribution < -0.4 is 19.7 Å². The molecule has 0 atom stereocenters. The lowest BCUT2D eigenvalue weighted by atomic mass is 10.1. The molecular weight excluding hydrogens is 404 g/mol. The molecule has 1 saturated heterocycles. The molecule has 1 fully saturated rings. The Bertz CT molecular complexity index is 1010. The molecular formula is C21H24N4O4S. The SMILES string of the molecule is N#CCOc1cccc(NC(=O)CS(=O)(=O)Nc2ccc(N3CCCCC3)cc2)c1. The van der Waals surface area contributed by atoms with Crippen LogP contribution in [0.4, 0.5) is 17.1 Å². The van der Waals surface area contributed by atoms with Gasteiger partial charge in [-0.25, -0.2) is 8.42 Å². The van der Waals surface area contributed by atoms with E-state index in [1.54, 1.807) is 30.3 Å². The van der Waals surface area contributed by atoms with Gasteiger partial charge in [-0.1, -0.05) is 6.07 Å². The zero-order valence-corrected chi connectivity index (χ0v) is 17.3. The molecule has 0 unspecified atom stereocenters. The lowest BCUT2D eigenvalue weighted by Gasteiger charge is -2.28. The second-order valence-corrected chi connectivity index (χ2v) is 8.70. The number of nitrogens with zero attached hydrogens (tertiary/aromatic N) is 2. The summed E-state index contributed by atoms with van der Waals surface area (Å²) in [6.07, 6.45) is 3.57. The topological polar surface area (TPSA) is 112 Å². The second-order valence-electron chi connectivity index (χ2n) is 6.98. The third-order valence-electron chi connectivity index (χ3n) is 4.60. The van der Waals surface area contributed by atoms with Crippen LogP contribution >= 0.6 is 0 Å². The van der Waals surface area contributed by atoms with Crippen LogP contribution in [0.5, 0.6) is 5.75 Å². The monoisotopic (exact) mass is 428 g/mol. The van der Waals surface area contributed by atoms with Gasteiger partial charge in [-0.2, -0.15) is 5.26 Å². The van der Waals surface area contributed by atoms with Gasteiger partial charge in [0.25, 0.3) is 0 Å². The maximum atomic E-state index is 12.4. The average molecular weight is 429 g/mol. The number of ether oxygens (including phenoxy) is 1. The number of piperidine rings is 1. The Balaban J connectivity index is 1.55. The molecule has 2 N–H and O–H groups in total. The van der Waals surface area contributed by atoms with Gasteiger partial charge in [0.2, 0.25) is 15.9 Å². The maximum Gasteiger partial charge on any atom is 0.241 e. The van der Waals surface area contributed by atoms with Gasteiger partial charge in [-0.05, 0) is 55.7 Å². The molecule has 1 aliphatic heterocycles. The van der Waals surface area contributed by atoms with E-state index in [1.807, 2.05) is 18.2 Å². The lowest BCUT2D eigenvalue weighted by Crippen LogP contribution is -2.29. The molecule has 0 radical (unpaired) electrons. The van der Waals surface area contributed by atoms with Crippen molar-refractivity contribution in [2.45, 2.75) is 19.3 Å². The highest BCUT2D eigenvalue weighted by molar-refractivity contribution is 7.93. The van der Waals surface area contributed by atoms with Gasteiger partial charge in [0, 0.05) is 36.2 Å². The number of hydrogen-bond donors (Lipinski definition) is 2. The Morgan fingerprint density at radius 2 is 1.80 bits per heavy atom. The molecule has 30 heavy (non-hydrogen) atoms. The maximum absolute atomic E-state index is 12.4. The molecule has 1 heterocycles. The largest absolute Gasteiger partial charge is 0.479 e. The predicted octanol–water partition coefficient (Wildman–Crippen LogP) is 2.96. The Kier molecular flexibility index (Phi) is 7.14. The molecule has 0 saturated carbocycles. The van der Waals surface area contributed by atoms with Gasteiger partial charge in [0.15, 0.2) is 6.61 Å². The van der Waals surface area contributed by atoms with Crippen molar-refractivity contribution in [2.24, 2.45) is 0 Å². The van der Waals surface area contributed by atoms with E-state index in [9.17, 15) is 13.2 Å². The van der Waals surface area contributed by atoms with Gasteiger partial charge in [0.1, 0.15) is 17.6 Å². The fourth-order valence-electron chi connectivity index (χ4n) is 3.26. The summed E-state index contributed by atoms with van der Waals surface area (Å²) in [6.45, 7) is 1.90. The first-order chi connectivity index (χ1) is 14.4. The molecule has 8 nitrogen and oxygen atoms in total. The zero-order chi connectivity index (χ0) is 21.4. The van der Waals surface area contributed by atoms with Crippen LogP contribution in [0.3, 0.4) is 0 Å². The van der Waals surface area contributed by atoms with Crippen LogP contribution in [0.2, 0.25) is 0 Å². The van der Waals surface area contributed by atoms with Crippen molar-refractivity contribution in [1.82, 2.24) is 0 Å². The minimum atomic E-state index is -3.87. The molecule has 1 amide bonds. The zero-order valence-electron chi connectivity index (χ0n) is 16.5. The lowest BCUT2D eigenvalue weighted by molar-refractivity contribution is -0.113. The quantitative estimate of drug-likeness (QED) is 0.669. The van der Waals surface area contributed by atoms with E-state index >= 15 is 0 Å². The van der Waals surface area contributed by atoms with Gasteiger partial charge in [-0.15, -0.1) is 0 Å². The minimum Gasteiger partial charge on any atom is -0.479 e. The van der Waals surface area contributed by atoms with Gasteiger partial charge < -0.3 is 15.0 Å². The van der Waals surface area contributed by atoms with Crippen LogP contribution in [0.1, 0.15) is 19.3 Å². The van der Waals surface area contributed by atoms with Crippen LogP contribution in [0.25, 0.3) is 0 Å². The average Bonchev–Trinajstić information content (AvgIpc) is 2.73. The highest BCUT2D eigenvalue weighted by Crippen LogP contribution is 2.22.